The van der Waals surface area contributed by atoms with Crippen molar-refractivity contribution in [2.75, 3.05) is 11.9 Å². The maximum atomic E-state index is 12.8. The van der Waals surface area contributed by atoms with Crippen LogP contribution in [0.15, 0.2) is 36.5 Å². The summed E-state index contributed by atoms with van der Waals surface area (Å²) in [5.74, 6) is 0.867. The van der Waals surface area contributed by atoms with Gasteiger partial charge in [0.15, 0.2) is 0 Å². The number of ether oxygens (including phenoxy) is 1. The largest absolute Gasteiger partial charge is 0.439 e. The molecular weight excluding hydrogens is 285 g/mol. The molecule has 22 heavy (non-hydrogen) atoms. The van der Waals surface area contributed by atoms with Gasteiger partial charge in [-0.2, -0.15) is 4.98 Å². The summed E-state index contributed by atoms with van der Waals surface area (Å²) < 4.78 is 18.4. The molecule has 1 heterocycles. The number of rotatable bonds is 5. The lowest BCUT2D eigenvalue weighted by molar-refractivity contribution is 0.0744. The molecule has 0 aliphatic carbocycles. The highest BCUT2D eigenvalue weighted by Gasteiger charge is 2.21. The van der Waals surface area contributed by atoms with Crippen LogP contribution >= 0.6 is 0 Å². The summed E-state index contributed by atoms with van der Waals surface area (Å²) in [5, 5.41) is 13.0. The number of nitrogens with zero attached hydrogens (tertiary/aromatic N) is 2. The lowest BCUT2D eigenvalue weighted by atomic mass is 9.89. The number of aliphatic hydroxyl groups excluding tert-OH is 1. The molecule has 1 unspecified atom stereocenters. The van der Waals surface area contributed by atoms with E-state index in [0.29, 0.717) is 24.1 Å². The van der Waals surface area contributed by atoms with Crippen molar-refractivity contribution >= 4 is 5.95 Å². The average molecular weight is 305 g/mol. The van der Waals surface area contributed by atoms with E-state index >= 15 is 0 Å². The molecule has 1 aromatic heterocycles. The highest BCUT2D eigenvalue weighted by molar-refractivity contribution is 5.31. The van der Waals surface area contributed by atoms with E-state index in [2.05, 4.69) is 15.3 Å². The Balaban J connectivity index is 1.99. The Morgan fingerprint density at radius 3 is 2.55 bits per heavy atom. The van der Waals surface area contributed by atoms with E-state index in [-0.39, 0.29) is 11.2 Å². The molecule has 0 saturated carbocycles. The van der Waals surface area contributed by atoms with Gasteiger partial charge in [0.2, 0.25) is 11.8 Å². The Hall–Kier alpha value is -2.21. The predicted octanol–water partition coefficient (Wildman–Crippen LogP) is 3.23. The van der Waals surface area contributed by atoms with Crippen molar-refractivity contribution in [2.24, 2.45) is 5.41 Å². The molecule has 1 atom stereocenters. The van der Waals surface area contributed by atoms with Crippen molar-refractivity contribution in [3.63, 3.8) is 0 Å². The molecule has 2 N–H and O–H groups in total. The van der Waals surface area contributed by atoms with Gasteiger partial charge in [-0.3, -0.25) is 0 Å². The number of benzene rings is 1. The molecule has 0 aliphatic rings. The van der Waals surface area contributed by atoms with E-state index in [0.717, 1.165) is 0 Å². The molecule has 0 fully saturated rings. The molecule has 2 rings (SSSR count). The average Bonchev–Trinajstić information content (AvgIpc) is 2.46. The first-order chi connectivity index (χ1) is 10.3. The van der Waals surface area contributed by atoms with Crippen LogP contribution in [0.5, 0.6) is 11.6 Å². The summed E-state index contributed by atoms with van der Waals surface area (Å²) in [6, 6.07) is 7.28. The van der Waals surface area contributed by atoms with Gasteiger partial charge in [0, 0.05) is 18.8 Å². The number of hydrogen-bond acceptors (Lipinski definition) is 5. The van der Waals surface area contributed by atoms with Gasteiger partial charge in [0.25, 0.3) is 0 Å². The fourth-order valence-corrected chi connectivity index (χ4v) is 1.60. The monoisotopic (exact) mass is 305 g/mol. The summed E-state index contributed by atoms with van der Waals surface area (Å²) in [6.45, 7) is 6.19. The Kier molecular flexibility index (Phi) is 4.92. The topological polar surface area (TPSA) is 67.3 Å². The maximum absolute atomic E-state index is 12.8. The van der Waals surface area contributed by atoms with E-state index < -0.39 is 6.10 Å². The van der Waals surface area contributed by atoms with Crippen molar-refractivity contribution < 1.29 is 14.2 Å². The number of nitrogens with one attached hydrogen (secondary N) is 1. The molecule has 6 heteroatoms. The minimum atomic E-state index is -0.530. The second-order valence-electron chi connectivity index (χ2n) is 6.04. The third-order valence-corrected chi connectivity index (χ3v) is 3.12. The summed E-state index contributed by atoms with van der Waals surface area (Å²) in [5.41, 5.74) is -0.227. The molecular formula is C16H20FN3O2. The summed E-state index contributed by atoms with van der Waals surface area (Å²) >= 11 is 0. The minimum Gasteiger partial charge on any atom is -0.439 e. The summed E-state index contributed by atoms with van der Waals surface area (Å²) in [7, 11) is 0. The number of aliphatic hydroxyl groups is 1. The van der Waals surface area contributed by atoms with Gasteiger partial charge in [-0.15, -0.1) is 0 Å². The molecule has 0 bridgehead atoms. The summed E-state index contributed by atoms with van der Waals surface area (Å²) in [4.78, 5) is 8.27. The first kappa shape index (κ1) is 16.2. The zero-order valence-electron chi connectivity index (χ0n) is 12.9. The van der Waals surface area contributed by atoms with Crippen LogP contribution < -0.4 is 10.1 Å². The van der Waals surface area contributed by atoms with E-state index in [1.807, 2.05) is 20.8 Å². The second-order valence-corrected chi connectivity index (χ2v) is 6.04. The molecule has 0 amide bonds. The first-order valence-electron chi connectivity index (χ1n) is 7.03. The van der Waals surface area contributed by atoms with Crippen LogP contribution in [0.4, 0.5) is 10.3 Å². The Bertz CT molecular complexity index is 612. The number of hydrogen-bond donors (Lipinski definition) is 2. The van der Waals surface area contributed by atoms with E-state index in [1.165, 1.54) is 24.3 Å². The predicted molar refractivity (Wildman–Crippen MR) is 82.5 cm³/mol. The van der Waals surface area contributed by atoms with Gasteiger partial charge < -0.3 is 15.2 Å². The highest BCUT2D eigenvalue weighted by atomic mass is 19.1. The Morgan fingerprint density at radius 2 is 1.91 bits per heavy atom. The third kappa shape index (κ3) is 4.66. The Morgan fingerprint density at radius 1 is 1.23 bits per heavy atom. The van der Waals surface area contributed by atoms with Crippen molar-refractivity contribution in [1.82, 2.24) is 9.97 Å². The standard InChI is InChI=1S/C16H20FN3O2/c1-16(2,3)13(21)10-19-15-18-9-8-14(20-15)22-12-6-4-11(17)5-7-12/h4-9,13,21H,10H2,1-3H3,(H,18,19,20). The molecule has 0 saturated heterocycles. The van der Waals surface area contributed by atoms with Crippen molar-refractivity contribution in [3.8, 4) is 11.6 Å². The van der Waals surface area contributed by atoms with Gasteiger partial charge in [0.05, 0.1) is 6.10 Å². The lowest BCUT2D eigenvalue weighted by Crippen LogP contribution is -2.33. The molecule has 1 aromatic carbocycles. The quantitative estimate of drug-likeness (QED) is 0.887. The van der Waals surface area contributed by atoms with Crippen LogP contribution in [-0.4, -0.2) is 27.7 Å². The van der Waals surface area contributed by atoms with Crippen LogP contribution in [0.2, 0.25) is 0 Å². The Labute approximate surface area is 129 Å². The third-order valence-electron chi connectivity index (χ3n) is 3.12. The number of halogens is 1. The molecule has 0 radical (unpaired) electrons. The molecule has 2 aromatic rings. The lowest BCUT2D eigenvalue weighted by Gasteiger charge is -2.25. The summed E-state index contributed by atoms with van der Waals surface area (Å²) in [6.07, 6.45) is 1.02. The van der Waals surface area contributed by atoms with Gasteiger partial charge >= 0.3 is 0 Å². The normalized spacial score (nSPS) is 12.8. The van der Waals surface area contributed by atoms with Gasteiger partial charge in [-0.25, -0.2) is 9.37 Å². The molecule has 0 spiro atoms. The van der Waals surface area contributed by atoms with Crippen LogP contribution in [-0.2, 0) is 0 Å². The molecule has 5 nitrogen and oxygen atoms in total. The van der Waals surface area contributed by atoms with Gasteiger partial charge in [-0.05, 0) is 29.7 Å². The fourth-order valence-electron chi connectivity index (χ4n) is 1.60. The van der Waals surface area contributed by atoms with E-state index in [1.54, 1.807) is 12.3 Å². The SMILES string of the molecule is CC(C)(C)C(O)CNc1nccc(Oc2ccc(F)cc2)n1. The van der Waals surface area contributed by atoms with Crippen molar-refractivity contribution in [3.05, 3.63) is 42.3 Å². The van der Waals surface area contributed by atoms with E-state index in [4.69, 9.17) is 4.74 Å². The van der Waals surface area contributed by atoms with Crippen LogP contribution in [0.1, 0.15) is 20.8 Å². The zero-order valence-corrected chi connectivity index (χ0v) is 12.9. The molecule has 118 valence electrons. The zero-order chi connectivity index (χ0) is 16.2. The number of aromatic nitrogens is 2. The maximum Gasteiger partial charge on any atom is 0.226 e. The van der Waals surface area contributed by atoms with Crippen LogP contribution in [0, 0.1) is 11.2 Å². The van der Waals surface area contributed by atoms with Gasteiger partial charge in [-0.1, -0.05) is 20.8 Å². The van der Waals surface area contributed by atoms with Gasteiger partial charge in [0.1, 0.15) is 11.6 Å². The fraction of sp³-hybridized carbons (Fsp3) is 0.375. The van der Waals surface area contributed by atoms with Crippen molar-refractivity contribution in [2.45, 2.75) is 26.9 Å². The smallest absolute Gasteiger partial charge is 0.226 e. The van der Waals surface area contributed by atoms with E-state index in [9.17, 15) is 9.50 Å². The minimum absolute atomic E-state index is 0.227. The van der Waals surface area contributed by atoms with Crippen LogP contribution in [0.25, 0.3) is 0 Å². The number of anilines is 1. The highest BCUT2D eigenvalue weighted by Crippen LogP contribution is 2.21. The van der Waals surface area contributed by atoms with Crippen molar-refractivity contribution in [1.29, 1.82) is 0 Å². The van der Waals surface area contributed by atoms with Crippen LogP contribution in [0.3, 0.4) is 0 Å². The molecule has 0 aliphatic heterocycles. The first-order valence-corrected chi connectivity index (χ1v) is 7.03. The second kappa shape index (κ2) is 6.70.